The quantitative estimate of drug-likeness (QED) is 0.733. The van der Waals surface area contributed by atoms with Crippen molar-refractivity contribution in [2.45, 2.75) is 44.2 Å². The van der Waals surface area contributed by atoms with Crippen molar-refractivity contribution in [1.82, 2.24) is 16.0 Å². The molecule has 142 valence electrons. The highest BCUT2D eigenvalue weighted by Gasteiger charge is 2.18. The van der Waals surface area contributed by atoms with Crippen molar-refractivity contribution < 1.29 is 9.59 Å². The van der Waals surface area contributed by atoms with Crippen LogP contribution < -0.4 is 16.0 Å². The van der Waals surface area contributed by atoms with Crippen LogP contribution in [-0.4, -0.2) is 24.5 Å². The van der Waals surface area contributed by atoms with Crippen LogP contribution in [0.5, 0.6) is 0 Å². The van der Waals surface area contributed by atoms with Gasteiger partial charge in [0.2, 0.25) is 5.91 Å². The van der Waals surface area contributed by atoms with E-state index in [0.717, 1.165) is 36.8 Å². The van der Waals surface area contributed by atoms with Gasteiger partial charge in [-0.15, -0.1) is 0 Å². The molecule has 2 aromatic rings. The summed E-state index contributed by atoms with van der Waals surface area (Å²) in [4.78, 5) is 24.5. The van der Waals surface area contributed by atoms with Gasteiger partial charge in [0.15, 0.2) is 0 Å². The Morgan fingerprint density at radius 2 is 1.41 bits per heavy atom. The molecule has 1 aliphatic carbocycles. The summed E-state index contributed by atoms with van der Waals surface area (Å²) in [6.07, 6.45) is 5.58. The van der Waals surface area contributed by atoms with E-state index in [9.17, 15) is 9.59 Å². The van der Waals surface area contributed by atoms with Crippen molar-refractivity contribution in [3.05, 3.63) is 71.8 Å². The third-order valence-corrected chi connectivity index (χ3v) is 4.92. The molecule has 2 aromatic carbocycles. The fourth-order valence-corrected chi connectivity index (χ4v) is 3.51. The minimum Gasteiger partial charge on any atom is -0.344 e. The van der Waals surface area contributed by atoms with E-state index < -0.39 is 0 Å². The molecule has 0 radical (unpaired) electrons. The van der Waals surface area contributed by atoms with Crippen LogP contribution in [0.2, 0.25) is 0 Å². The topological polar surface area (TPSA) is 70.2 Å². The van der Waals surface area contributed by atoms with E-state index in [1.807, 2.05) is 60.7 Å². The highest BCUT2D eigenvalue weighted by atomic mass is 16.2. The van der Waals surface area contributed by atoms with Gasteiger partial charge in [0, 0.05) is 6.04 Å². The lowest BCUT2D eigenvalue weighted by Gasteiger charge is -2.23. The van der Waals surface area contributed by atoms with E-state index >= 15 is 0 Å². The molecule has 3 amide bonds. The minimum absolute atomic E-state index is 0.0469. The highest BCUT2D eigenvalue weighted by Crippen LogP contribution is 2.21. The second kappa shape index (κ2) is 9.76. The normalized spacial score (nSPS) is 14.6. The molecule has 0 aromatic heterocycles. The first-order valence-electron chi connectivity index (χ1n) is 9.66. The summed E-state index contributed by atoms with van der Waals surface area (Å²) in [5, 5.41) is 8.66. The minimum atomic E-state index is -0.270. The fourth-order valence-electron chi connectivity index (χ4n) is 3.51. The van der Waals surface area contributed by atoms with Crippen LogP contribution >= 0.6 is 0 Å². The van der Waals surface area contributed by atoms with Crippen molar-refractivity contribution in [3.8, 4) is 0 Å². The lowest BCUT2D eigenvalue weighted by Crippen LogP contribution is -2.46. The van der Waals surface area contributed by atoms with Crippen LogP contribution in [0.25, 0.3) is 0 Å². The Morgan fingerprint density at radius 3 is 1.96 bits per heavy atom. The summed E-state index contributed by atoms with van der Waals surface area (Å²) in [7, 11) is 0. The van der Waals surface area contributed by atoms with Gasteiger partial charge < -0.3 is 16.0 Å². The van der Waals surface area contributed by atoms with Crippen molar-refractivity contribution in [3.63, 3.8) is 0 Å². The number of carbonyl (C=O) groups is 2. The van der Waals surface area contributed by atoms with Gasteiger partial charge in [-0.25, -0.2) is 4.79 Å². The number of benzene rings is 2. The Balaban J connectivity index is 1.55. The first-order chi connectivity index (χ1) is 13.2. The Labute approximate surface area is 160 Å². The van der Waals surface area contributed by atoms with Crippen molar-refractivity contribution in [2.75, 3.05) is 6.54 Å². The number of rotatable bonds is 6. The Bertz CT molecular complexity index is 688. The predicted octanol–water partition coefficient (Wildman–Crippen LogP) is 3.52. The van der Waals surface area contributed by atoms with Gasteiger partial charge in [-0.2, -0.15) is 0 Å². The van der Waals surface area contributed by atoms with Crippen LogP contribution in [0, 0.1) is 0 Å². The average Bonchev–Trinajstić information content (AvgIpc) is 2.72. The third-order valence-electron chi connectivity index (χ3n) is 4.92. The molecule has 5 nitrogen and oxygen atoms in total. The number of hydrogen-bond acceptors (Lipinski definition) is 2. The SMILES string of the molecule is O=C(CNC(=O)NC1CCCCC1)NC(c1ccccc1)c1ccccc1. The fraction of sp³-hybridized carbons (Fsp3) is 0.364. The molecule has 0 spiro atoms. The summed E-state index contributed by atoms with van der Waals surface area (Å²) < 4.78 is 0. The maximum Gasteiger partial charge on any atom is 0.315 e. The molecule has 0 saturated heterocycles. The van der Waals surface area contributed by atoms with Crippen molar-refractivity contribution in [2.24, 2.45) is 0 Å². The maximum absolute atomic E-state index is 12.4. The molecule has 3 N–H and O–H groups in total. The molecule has 0 heterocycles. The molecule has 1 aliphatic rings. The second-order valence-electron chi connectivity index (χ2n) is 6.98. The van der Waals surface area contributed by atoms with E-state index in [1.165, 1.54) is 6.42 Å². The van der Waals surface area contributed by atoms with Gasteiger partial charge in [-0.05, 0) is 24.0 Å². The van der Waals surface area contributed by atoms with Crippen LogP contribution in [0.15, 0.2) is 60.7 Å². The summed E-state index contributed by atoms with van der Waals surface area (Å²) >= 11 is 0. The second-order valence-corrected chi connectivity index (χ2v) is 6.98. The van der Waals surface area contributed by atoms with Gasteiger partial charge in [0.05, 0.1) is 12.6 Å². The molecular formula is C22H27N3O2. The number of amides is 3. The lowest BCUT2D eigenvalue weighted by molar-refractivity contribution is -0.120. The zero-order valence-corrected chi connectivity index (χ0v) is 15.5. The maximum atomic E-state index is 12.4. The van der Waals surface area contributed by atoms with Crippen molar-refractivity contribution >= 4 is 11.9 Å². The molecule has 1 saturated carbocycles. The van der Waals surface area contributed by atoms with E-state index in [-0.39, 0.29) is 30.6 Å². The van der Waals surface area contributed by atoms with Gasteiger partial charge in [0.1, 0.15) is 0 Å². The summed E-state index contributed by atoms with van der Waals surface area (Å²) in [6, 6.07) is 19.4. The number of urea groups is 1. The average molecular weight is 365 g/mol. The van der Waals surface area contributed by atoms with Crippen LogP contribution in [-0.2, 0) is 4.79 Å². The van der Waals surface area contributed by atoms with Gasteiger partial charge in [-0.3, -0.25) is 4.79 Å². The first kappa shape index (κ1) is 19.0. The van der Waals surface area contributed by atoms with Gasteiger partial charge in [0.25, 0.3) is 0 Å². The Morgan fingerprint density at radius 1 is 0.852 bits per heavy atom. The van der Waals surface area contributed by atoms with E-state index in [4.69, 9.17) is 0 Å². The predicted molar refractivity (Wildman–Crippen MR) is 106 cm³/mol. The summed E-state index contributed by atoms with van der Waals surface area (Å²) in [5.41, 5.74) is 2.01. The molecule has 0 unspecified atom stereocenters. The zero-order valence-electron chi connectivity index (χ0n) is 15.5. The largest absolute Gasteiger partial charge is 0.344 e. The van der Waals surface area contributed by atoms with E-state index in [1.54, 1.807) is 0 Å². The van der Waals surface area contributed by atoms with Crippen LogP contribution in [0.1, 0.15) is 49.3 Å². The molecule has 5 heteroatoms. The van der Waals surface area contributed by atoms with E-state index in [0.29, 0.717) is 0 Å². The van der Waals surface area contributed by atoms with Gasteiger partial charge >= 0.3 is 6.03 Å². The van der Waals surface area contributed by atoms with Crippen molar-refractivity contribution in [1.29, 1.82) is 0 Å². The van der Waals surface area contributed by atoms with Crippen LogP contribution in [0.3, 0.4) is 0 Å². The number of nitrogens with one attached hydrogen (secondary N) is 3. The smallest absolute Gasteiger partial charge is 0.315 e. The summed E-state index contributed by atoms with van der Waals surface area (Å²) in [5.74, 6) is -0.216. The third kappa shape index (κ3) is 5.84. The molecular weight excluding hydrogens is 338 g/mol. The molecule has 0 bridgehead atoms. The molecule has 0 aliphatic heterocycles. The van der Waals surface area contributed by atoms with E-state index in [2.05, 4.69) is 16.0 Å². The number of hydrogen-bond donors (Lipinski definition) is 3. The molecule has 27 heavy (non-hydrogen) atoms. The highest BCUT2D eigenvalue weighted by molar-refractivity contribution is 5.84. The Kier molecular flexibility index (Phi) is 6.85. The Hall–Kier alpha value is -2.82. The molecule has 1 fully saturated rings. The standard InChI is InChI=1S/C22H27N3O2/c26-20(16-23-22(27)24-19-14-8-3-9-15-19)25-21(17-10-4-1-5-11-17)18-12-6-2-7-13-18/h1-2,4-7,10-13,19,21H,3,8-9,14-16H2,(H,25,26)(H2,23,24,27). The van der Waals surface area contributed by atoms with Crippen LogP contribution in [0.4, 0.5) is 4.79 Å². The monoisotopic (exact) mass is 365 g/mol. The zero-order chi connectivity index (χ0) is 18.9. The molecule has 3 rings (SSSR count). The molecule has 0 atom stereocenters. The number of carbonyl (C=O) groups excluding carboxylic acids is 2. The summed E-state index contributed by atoms with van der Waals surface area (Å²) in [6.45, 7) is -0.0469. The lowest BCUT2D eigenvalue weighted by atomic mass is 9.96. The first-order valence-corrected chi connectivity index (χ1v) is 9.66. The van der Waals surface area contributed by atoms with Gasteiger partial charge in [-0.1, -0.05) is 79.9 Å².